The first-order valence-corrected chi connectivity index (χ1v) is 6.86. The van der Waals surface area contributed by atoms with E-state index in [0.29, 0.717) is 18.9 Å². The number of nitro groups is 1. The smallest absolute Gasteiger partial charge is 0.294 e. The van der Waals surface area contributed by atoms with E-state index in [0.717, 1.165) is 31.8 Å². The molecule has 20 heavy (non-hydrogen) atoms. The number of nitro benzene ring substituents is 1. The molecule has 1 heterocycles. The summed E-state index contributed by atoms with van der Waals surface area (Å²) in [6, 6.07) is 6.61. The number of hydrogen-bond donors (Lipinski definition) is 0. The van der Waals surface area contributed by atoms with Crippen molar-refractivity contribution in [2.24, 2.45) is 4.99 Å². The second-order valence-corrected chi connectivity index (χ2v) is 4.62. The first-order valence-electron chi connectivity index (χ1n) is 6.86. The topological polar surface area (TPSA) is 68.0 Å². The summed E-state index contributed by atoms with van der Waals surface area (Å²) in [5.74, 6) is 0.908. The summed E-state index contributed by atoms with van der Waals surface area (Å²) in [7, 11) is 0. The molecule has 0 atom stereocenters. The third kappa shape index (κ3) is 3.54. The van der Waals surface area contributed by atoms with Crippen molar-refractivity contribution >= 4 is 17.2 Å². The molecule has 0 unspecified atom stereocenters. The molecule has 1 aliphatic heterocycles. The third-order valence-corrected chi connectivity index (χ3v) is 3.18. The lowest BCUT2D eigenvalue weighted by Gasteiger charge is -2.29. The van der Waals surface area contributed by atoms with Crippen LogP contribution in [0.2, 0.25) is 0 Å². The molecule has 0 spiro atoms. The number of morpholine rings is 1. The molecule has 0 aromatic heterocycles. The van der Waals surface area contributed by atoms with E-state index in [1.165, 1.54) is 6.07 Å². The van der Waals surface area contributed by atoms with Crippen LogP contribution in [0.15, 0.2) is 29.3 Å². The van der Waals surface area contributed by atoms with Gasteiger partial charge in [-0.3, -0.25) is 10.1 Å². The number of aliphatic imine (C=N–C) groups is 1. The van der Waals surface area contributed by atoms with Crippen LogP contribution in [0, 0.1) is 10.1 Å². The van der Waals surface area contributed by atoms with Gasteiger partial charge in [0.1, 0.15) is 11.5 Å². The lowest BCUT2D eigenvalue weighted by atomic mass is 10.2. The van der Waals surface area contributed by atoms with Crippen molar-refractivity contribution in [1.29, 1.82) is 0 Å². The van der Waals surface area contributed by atoms with Crippen LogP contribution in [-0.4, -0.2) is 42.0 Å². The summed E-state index contributed by atoms with van der Waals surface area (Å²) in [4.78, 5) is 17.3. The lowest BCUT2D eigenvalue weighted by Crippen LogP contribution is -2.40. The normalized spacial score (nSPS) is 16.2. The van der Waals surface area contributed by atoms with E-state index < -0.39 is 0 Å². The van der Waals surface area contributed by atoms with Crippen LogP contribution in [0.3, 0.4) is 0 Å². The molecule has 0 bridgehead atoms. The summed E-state index contributed by atoms with van der Waals surface area (Å²) < 4.78 is 5.34. The van der Waals surface area contributed by atoms with Crippen molar-refractivity contribution < 1.29 is 9.66 Å². The number of nitrogens with zero attached hydrogens (tertiary/aromatic N) is 3. The Kier molecular flexibility index (Phi) is 5.06. The number of ether oxygens (including phenoxy) is 1. The molecule has 0 radical (unpaired) electrons. The molecule has 1 fully saturated rings. The Bertz CT molecular complexity index is 496. The molecule has 1 aromatic carbocycles. The molecule has 0 saturated carbocycles. The van der Waals surface area contributed by atoms with Gasteiger partial charge < -0.3 is 9.64 Å². The summed E-state index contributed by atoms with van der Waals surface area (Å²) in [5.41, 5.74) is 0.474. The summed E-state index contributed by atoms with van der Waals surface area (Å²) >= 11 is 0. The zero-order chi connectivity index (χ0) is 14.4. The molecule has 0 N–H and O–H groups in total. The van der Waals surface area contributed by atoms with Gasteiger partial charge in [-0.2, -0.15) is 0 Å². The van der Waals surface area contributed by atoms with Gasteiger partial charge in [0.25, 0.3) is 5.69 Å². The van der Waals surface area contributed by atoms with Gasteiger partial charge in [0.2, 0.25) is 0 Å². The minimum Gasteiger partial charge on any atom is -0.378 e. The van der Waals surface area contributed by atoms with E-state index in [2.05, 4.69) is 16.8 Å². The maximum Gasteiger partial charge on any atom is 0.294 e. The van der Waals surface area contributed by atoms with Crippen LogP contribution < -0.4 is 0 Å². The maximum absolute atomic E-state index is 11.0. The number of amidine groups is 1. The number of benzene rings is 1. The Labute approximate surface area is 118 Å². The van der Waals surface area contributed by atoms with E-state index in [9.17, 15) is 10.1 Å². The number of rotatable bonds is 4. The Balaban J connectivity index is 2.30. The zero-order valence-electron chi connectivity index (χ0n) is 11.6. The Morgan fingerprint density at radius 3 is 2.75 bits per heavy atom. The molecule has 1 saturated heterocycles. The lowest BCUT2D eigenvalue weighted by molar-refractivity contribution is -0.384. The third-order valence-electron chi connectivity index (χ3n) is 3.18. The van der Waals surface area contributed by atoms with Crippen LogP contribution >= 0.6 is 0 Å². The van der Waals surface area contributed by atoms with Crippen molar-refractivity contribution in [2.45, 2.75) is 19.8 Å². The quantitative estimate of drug-likeness (QED) is 0.367. The van der Waals surface area contributed by atoms with Crippen molar-refractivity contribution in [3.63, 3.8) is 0 Å². The van der Waals surface area contributed by atoms with Gasteiger partial charge in [-0.1, -0.05) is 19.1 Å². The standard InChI is InChI=1S/C14H19N3O3/c1-2-5-14(16-8-10-20-11-9-16)15-12-6-3-4-7-13(12)17(18)19/h3-4,6-7H,2,5,8-11H2,1H3. The van der Waals surface area contributed by atoms with E-state index >= 15 is 0 Å². The molecule has 1 aliphatic rings. The molecule has 6 nitrogen and oxygen atoms in total. The van der Waals surface area contributed by atoms with Gasteiger partial charge in [0.05, 0.1) is 18.1 Å². The highest BCUT2D eigenvalue weighted by Gasteiger charge is 2.17. The SMILES string of the molecule is CCCC(=Nc1ccccc1[N+](=O)[O-])N1CCOCC1. The van der Waals surface area contributed by atoms with E-state index in [1.54, 1.807) is 18.2 Å². The highest BCUT2D eigenvalue weighted by atomic mass is 16.6. The van der Waals surface area contributed by atoms with E-state index in [-0.39, 0.29) is 10.6 Å². The second kappa shape index (κ2) is 7.00. The molecular formula is C14H19N3O3. The van der Waals surface area contributed by atoms with E-state index in [1.807, 2.05) is 0 Å². The van der Waals surface area contributed by atoms with Crippen molar-refractivity contribution in [3.05, 3.63) is 34.4 Å². The Hall–Kier alpha value is -1.95. The van der Waals surface area contributed by atoms with Crippen LogP contribution in [-0.2, 0) is 4.74 Å². The molecule has 0 amide bonds. The fraction of sp³-hybridized carbons (Fsp3) is 0.500. The summed E-state index contributed by atoms with van der Waals surface area (Å²) in [5, 5.41) is 11.0. The van der Waals surface area contributed by atoms with Gasteiger partial charge in [0, 0.05) is 25.6 Å². The van der Waals surface area contributed by atoms with Crippen LogP contribution in [0.25, 0.3) is 0 Å². The molecule has 0 aliphatic carbocycles. The highest BCUT2D eigenvalue weighted by Crippen LogP contribution is 2.27. The first-order chi connectivity index (χ1) is 9.72. The fourth-order valence-corrected chi connectivity index (χ4v) is 2.18. The predicted molar refractivity (Wildman–Crippen MR) is 77.5 cm³/mol. The predicted octanol–water partition coefficient (Wildman–Crippen LogP) is 2.76. The maximum atomic E-state index is 11.0. The number of hydrogen-bond acceptors (Lipinski definition) is 4. The molecule has 108 valence electrons. The average Bonchev–Trinajstić information content (AvgIpc) is 2.48. The minimum absolute atomic E-state index is 0.0503. The van der Waals surface area contributed by atoms with Crippen molar-refractivity contribution in [1.82, 2.24) is 4.90 Å². The summed E-state index contributed by atoms with van der Waals surface area (Å²) in [6.45, 7) is 5.02. The van der Waals surface area contributed by atoms with Crippen LogP contribution in [0.4, 0.5) is 11.4 Å². The molecular weight excluding hydrogens is 258 g/mol. The Morgan fingerprint density at radius 2 is 2.10 bits per heavy atom. The summed E-state index contributed by atoms with van der Waals surface area (Å²) in [6.07, 6.45) is 1.77. The number of para-hydroxylation sites is 2. The minimum atomic E-state index is -0.387. The Morgan fingerprint density at radius 1 is 1.40 bits per heavy atom. The molecule has 2 rings (SSSR count). The van der Waals surface area contributed by atoms with E-state index in [4.69, 9.17) is 4.74 Å². The molecule has 1 aromatic rings. The molecule has 6 heteroatoms. The van der Waals surface area contributed by atoms with Gasteiger partial charge in [0.15, 0.2) is 0 Å². The van der Waals surface area contributed by atoms with Crippen molar-refractivity contribution in [3.8, 4) is 0 Å². The average molecular weight is 277 g/mol. The van der Waals surface area contributed by atoms with Crippen molar-refractivity contribution in [2.75, 3.05) is 26.3 Å². The van der Waals surface area contributed by atoms with Gasteiger partial charge >= 0.3 is 0 Å². The highest BCUT2D eigenvalue weighted by molar-refractivity contribution is 5.86. The second-order valence-electron chi connectivity index (χ2n) is 4.62. The first kappa shape index (κ1) is 14.5. The van der Waals surface area contributed by atoms with Crippen LogP contribution in [0.5, 0.6) is 0 Å². The zero-order valence-corrected chi connectivity index (χ0v) is 11.6. The van der Waals surface area contributed by atoms with Gasteiger partial charge in [-0.25, -0.2) is 4.99 Å². The van der Waals surface area contributed by atoms with Crippen LogP contribution in [0.1, 0.15) is 19.8 Å². The monoisotopic (exact) mass is 277 g/mol. The van der Waals surface area contributed by atoms with Gasteiger partial charge in [-0.15, -0.1) is 0 Å². The fourth-order valence-electron chi connectivity index (χ4n) is 2.18. The van der Waals surface area contributed by atoms with Gasteiger partial charge in [-0.05, 0) is 12.5 Å². The largest absolute Gasteiger partial charge is 0.378 e.